The molecule has 2 aromatic heterocycles. The first-order valence-corrected chi connectivity index (χ1v) is 5.76. The second-order valence-corrected chi connectivity index (χ2v) is 3.90. The molecule has 0 radical (unpaired) electrons. The Morgan fingerprint density at radius 1 is 1.14 bits per heavy atom. The molecule has 0 spiro atoms. The molecular formula is C12H8F2N6O. The lowest BCUT2D eigenvalue weighted by molar-refractivity contribution is 0.406. The lowest BCUT2D eigenvalue weighted by Crippen LogP contribution is -2.08. The number of aromatic nitrogens is 5. The molecule has 7 nitrogen and oxygen atoms in total. The summed E-state index contributed by atoms with van der Waals surface area (Å²) in [7, 11) is 0. The first kappa shape index (κ1) is 12.9. The van der Waals surface area contributed by atoms with Crippen LogP contribution in [0, 0.1) is 11.6 Å². The van der Waals surface area contributed by atoms with Crippen molar-refractivity contribution in [2.24, 2.45) is 0 Å². The summed E-state index contributed by atoms with van der Waals surface area (Å²) in [5, 5.41) is 3.93. The smallest absolute Gasteiger partial charge is 0.328 e. The molecule has 3 aromatic rings. The van der Waals surface area contributed by atoms with Gasteiger partial charge in [0.1, 0.15) is 5.82 Å². The maximum atomic E-state index is 13.5. The molecule has 0 amide bonds. The highest BCUT2D eigenvalue weighted by Crippen LogP contribution is 2.23. The highest BCUT2D eigenvalue weighted by molar-refractivity contribution is 5.30. The van der Waals surface area contributed by atoms with Crippen LogP contribution in [0.4, 0.5) is 14.7 Å². The summed E-state index contributed by atoms with van der Waals surface area (Å²) in [6.07, 6.45) is 3.12. The van der Waals surface area contributed by atoms with Gasteiger partial charge in [0.05, 0.1) is 0 Å². The normalized spacial score (nSPS) is 10.6. The molecule has 2 heterocycles. The molecule has 106 valence electrons. The van der Waals surface area contributed by atoms with Crippen LogP contribution in [-0.4, -0.2) is 24.7 Å². The van der Waals surface area contributed by atoms with Crippen molar-refractivity contribution in [3.05, 3.63) is 48.3 Å². The Hall–Kier alpha value is -3.10. The average molecular weight is 290 g/mol. The molecule has 0 unspecified atom stereocenters. The summed E-state index contributed by atoms with van der Waals surface area (Å²) < 4.78 is 32.9. The molecule has 9 heteroatoms. The molecule has 21 heavy (non-hydrogen) atoms. The number of nitrogens with zero attached hydrogens (tertiary/aromatic N) is 5. The van der Waals surface area contributed by atoms with E-state index in [4.69, 9.17) is 10.5 Å². The number of nitrogens with two attached hydrogens (primary N) is 1. The number of hydrogen-bond donors (Lipinski definition) is 1. The second-order valence-electron chi connectivity index (χ2n) is 3.90. The van der Waals surface area contributed by atoms with E-state index in [1.807, 2.05) is 0 Å². The van der Waals surface area contributed by atoms with Gasteiger partial charge in [0.25, 0.3) is 5.95 Å². The fraction of sp³-hybridized carbons (Fsp3) is 0. The van der Waals surface area contributed by atoms with Crippen LogP contribution in [0.3, 0.4) is 0 Å². The van der Waals surface area contributed by atoms with E-state index in [9.17, 15) is 8.78 Å². The van der Waals surface area contributed by atoms with Gasteiger partial charge in [0, 0.05) is 18.5 Å². The average Bonchev–Trinajstić information content (AvgIpc) is 2.95. The predicted molar refractivity (Wildman–Crippen MR) is 67.8 cm³/mol. The second kappa shape index (κ2) is 5.12. The van der Waals surface area contributed by atoms with E-state index in [1.165, 1.54) is 10.9 Å². The van der Waals surface area contributed by atoms with Crippen molar-refractivity contribution in [2.45, 2.75) is 0 Å². The molecule has 0 aliphatic carbocycles. The number of hydrogen-bond acceptors (Lipinski definition) is 6. The Balaban J connectivity index is 1.95. The van der Waals surface area contributed by atoms with Crippen molar-refractivity contribution < 1.29 is 13.5 Å². The van der Waals surface area contributed by atoms with Crippen LogP contribution in [0.15, 0.2) is 36.7 Å². The Bertz CT molecular complexity index is 777. The van der Waals surface area contributed by atoms with Crippen molar-refractivity contribution >= 4 is 5.95 Å². The summed E-state index contributed by atoms with van der Waals surface area (Å²) in [5.41, 5.74) is 5.54. The fourth-order valence-corrected chi connectivity index (χ4v) is 1.55. The van der Waals surface area contributed by atoms with Crippen molar-refractivity contribution in [2.75, 3.05) is 5.73 Å². The molecule has 0 saturated heterocycles. The Kier molecular flexibility index (Phi) is 3.14. The number of halogens is 2. The van der Waals surface area contributed by atoms with Gasteiger partial charge in [-0.2, -0.15) is 20.1 Å². The Morgan fingerprint density at radius 3 is 2.71 bits per heavy atom. The van der Waals surface area contributed by atoms with Crippen LogP contribution in [0.5, 0.6) is 11.8 Å². The summed E-state index contributed by atoms with van der Waals surface area (Å²) in [6.45, 7) is 0. The van der Waals surface area contributed by atoms with Gasteiger partial charge < -0.3 is 10.5 Å². The Morgan fingerprint density at radius 2 is 2.00 bits per heavy atom. The molecule has 0 fully saturated rings. The third-order valence-corrected chi connectivity index (χ3v) is 2.42. The number of rotatable bonds is 3. The summed E-state index contributed by atoms with van der Waals surface area (Å²) in [5.74, 6) is -1.83. The van der Waals surface area contributed by atoms with Gasteiger partial charge in [0.2, 0.25) is 5.95 Å². The largest absolute Gasteiger partial charge is 0.421 e. The summed E-state index contributed by atoms with van der Waals surface area (Å²) in [4.78, 5) is 11.6. The highest BCUT2D eigenvalue weighted by Gasteiger charge is 2.11. The molecule has 0 bridgehead atoms. The molecule has 0 aliphatic heterocycles. The van der Waals surface area contributed by atoms with Crippen LogP contribution < -0.4 is 10.5 Å². The van der Waals surface area contributed by atoms with Crippen LogP contribution >= 0.6 is 0 Å². The summed E-state index contributed by atoms with van der Waals surface area (Å²) in [6, 6.07) is 4.31. The van der Waals surface area contributed by atoms with Gasteiger partial charge in [-0.25, -0.2) is 13.5 Å². The Labute approximate surface area is 117 Å². The number of nitrogen functional groups attached to an aromatic ring is 1. The lowest BCUT2D eigenvalue weighted by atomic mass is 10.3. The van der Waals surface area contributed by atoms with Crippen LogP contribution in [0.2, 0.25) is 0 Å². The van der Waals surface area contributed by atoms with Gasteiger partial charge >= 0.3 is 6.01 Å². The van der Waals surface area contributed by atoms with Gasteiger partial charge in [-0.15, -0.1) is 0 Å². The first-order chi connectivity index (χ1) is 10.1. The third-order valence-electron chi connectivity index (χ3n) is 2.42. The molecule has 0 saturated carbocycles. The zero-order chi connectivity index (χ0) is 14.8. The van der Waals surface area contributed by atoms with E-state index in [0.717, 1.165) is 12.1 Å². The minimum Gasteiger partial charge on any atom is -0.421 e. The van der Waals surface area contributed by atoms with Crippen LogP contribution in [-0.2, 0) is 0 Å². The molecule has 0 atom stereocenters. The zero-order valence-electron chi connectivity index (χ0n) is 10.4. The van der Waals surface area contributed by atoms with E-state index < -0.39 is 11.6 Å². The minimum absolute atomic E-state index is 0.116. The van der Waals surface area contributed by atoms with Crippen molar-refractivity contribution in [1.82, 2.24) is 24.7 Å². The van der Waals surface area contributed by atoms with E-state index >= 15 is 0 Å². The molecule has 0 aliphatic rings. The van der Waals surface area contributed by atoms with Crippen molar-refractivity contribution in [3.8, 4) is 17.7 Å². The SMILES string of the molecule is Nc1nc(Oc2ccc(F)cc2F)nc(-n2cccn2)n1. The van der Waals surface area contributed by atoms with Gasteiger partial charge in [0.15, 0.2) is 11.6 Å². The molecule has 1 aromatic carbocycles. The van der Waals surface area contributed by atoms with Gasteiger partial charge in [-0.1, -0.05) is 0 Å². The predicted octanol–water partition coefficient (Wildman–Crippen LogP) is 1.71. The maximum absolute atomic E-state index is 13.5. The standard InChI is InChI=1S/C12H8F2N6O/c13-7-2-3-9(8(14)6-7)21-12-18-10(15)17-11(19-12)20-5-1-4-16-20/h1-6H,(H2,15,17,18,19). The molecule has 2 N–H and O–H groups in total. The zero-order valence-corrected chi connectivity index (χ0v) is 10.4. The van der Waals surface area contributed by atoms with E-state index in [1.54, 1.807) is 12.3 Å². The quantitative estimate of drug-likeness (QED) is 0.789. The first-order valence-electron chi connectivity index (χ1n) is 5.76. The molecule has 3 rings (SSSR count). The lowest BCUT2D eigenvalue weighted by Gasteiger charge is -2.07. The van der Waals surface area contributed by atoms with Crippen LogP contribution in [0.25, 0.3) is 5.95 Å². The van der Waals surface area contributed by atoms with Crippen LogP contribution in [0.1, 0.15) is 0 Å². The highest BCUT2D eigenvalue weighted by atomic mass is 19.1. The molecular weight excluding hydrogens is 282 g/mol. The van der Waals surface area contributed by atoms with E-state index in [2.05, 4.69) is 20.1 Å². The van der Waals surface area contributed by atoms with Gasteiger partial charge in [-0.3, -0.25) is 0 Å². The van der Waals surface area contributed by atoms with E-state index in [0.29, 0.717) is 6.07 Å². The monoisotopic (exact) mass is 290 g/mol. The van der Waals surface area contributed by atoms with Gasteiger partial charge in [-0.05, 0) is 18.2 Å². The minimum atomic E-state index is -0.880. The fourth-order valence-electron chi connectivity index (χ4n) is 1.55. The number of anilines is 1. The van der Waals surface area contributed by atoms with Crippen molar-refractivity contribution in [1.29, 1.82) is 0 Å². The van der Waals surface area contributed by atoms with Crippen molar-refractivity contribution in [3.63, 3.8) is 0 Å². The summed E-state index contributed by atoms with van der Waals surface area (Å²) >= 11 is 0. The maximum Gasteiger partial charge on any atom is 0.328 e. The van der Waals surface area contributed by atoms with E-state index in [-0.39, 0.29) is 23.7 Å². The number of ether oxygens (including phenoxy) is 1. The third kappa shape index (κ3) is 2.76. The topological polar surface area (TPSA) is 91.7 Å². The number of benzene rings is 1.